The fourth-order valence-electron chi connectivity index (χ4n) is 2.42. The minimum absolute atomic E-state index is 0.132. The van der Waals surface area contributed by atoms with Gasteiger partial charge in [-0.2, -0.15) is 0 Å². The number of ether oxygens (including phenoxy) is 1. The molecule has 1 aliphatic rings. The van der Waals surface area contributed by atoms with Crippen LogP contribution < -0.4 is 9.64 Å². The fourth-order valence-corrected chi connectivity index (χ4v) is 2.91. The van der Waals surface area contributed by atoms with Gasteiger partial charge in [0.2, 0.25) is 0 Å². The van der Waals surface area contributed by atoms with Crippen LogP contribution in [0.5, 0.6) is 5.75 Å². The van der Waals surface area contributed by atoms with Gasteiger partial charge in [0.25, 0.3) is 0 Å². The van der Waals surface area contributed by atoms with Gasteiger partial charge in [-0.1, -0.05) is 41.4 Å². The SMILES string of the molecule is FC(F)(F)Oc1ccc(N2C=CCc3cccc(Cl)c32)cc1Cl. The minimum Gasteiger partial charge on any atom is -0.404 e. The molecule has 120 valence electrons. The van der Waals surface area contributed by atoms with Crippen molar-refractivity contribution in [3.05, 3.63) is 64.3 Å². The second-order valence-corrected chi connectivity index (χ2v) is 5.68. The molecule has 7 heteroatoms. The number of alkyl halides is 3. The predicted molar refractivity (Wildman–Crippen MR) is 84.6 cm³/mol. The summed E-state index contributed by atoms with van der Waals surface area (Å²) in [4.78, 5) is 1.78. The summed E-state index contributed by atoms with van der Waals surface area (Å²) >= 11 is 12.2. The molecule has 0 aromatic heterocycles. The average molecular weight is 360 g/mol. The maximum absolute atomic E-state index is 12.3. The van der Waals surface area contributed by atoms with E-state index in [2.05, 4.69) is 4.74 Å². The molecule has 0 bridgehead atoms. The number of fused-ring (bicyclic) bond motifs is 1. The highest BCUT2D eigenvalue weighted by Crippen LogP contribution is 2.41. The largest absolute Gasteiger partial charge is 0.573 e. The summed E-state index contributed by atoms with van der Waals surface area (Å²) in [6, 6.07) is 9.65. The molecule has 0 saturated carbocycles. The summed E-state index contributed by atoms with van der Waals surface area (Å²) in [7, 11) is 0. The van der Waals surface area contributed by atoms with E-state index in [-0.39, 0.29) is 5.02 Å². The predicted octanol–water partition coefficient (Wildman–Crippen LogP) is 6.10. The maximum atomic E-state index is 12.3. The molecular weight excluding hydrogens is 350 g/mol. The van der Waals surface area contributed by atoms with Crippen molar-refractivity contribution in [3.8, 4) is 5.75 Å². The van der Waals surface area contributed by atoms with E-state index in [9.17, 15) is 13.2 Å². The van der Waals surface area contributed by atoms with Crippen LogP contribution in [0.15, 0.2) is 48.7 Å². The van der Waals surface area contributed by atoms with Gasteiger partial charge in [-0.25, -0.2) is 0 Å². The highest BCUT2D eigenvalue weighted by atomic mass is 35.5. The smallest absolute Gasteiger partial charge is 0.404 e. The van der Waals surface area contributed by atoms with Gasteiger partial charge in [0.05, 0.1) is 15.7 Å². The van der Waals surface area contributed by atoms with E-state index in [1.807, 2.05) is 24.4 Å². The molecule has 2 aromatic rings. The van der Waals surface area contributed by atoms with E-state index in [1.165, 1.54) is 18.2 Å². The van der Waals surface area contributed by atoms with Crippen LogP contribution in [0.25, 0.3) is 0 Å². The molecule has 0 radical (unpaired) electrons. The Morgan fingerprint density at radius 1 is 1.04 bits per heavy atom. The van der Waals surface area contributed by atoms with Crippen LogP contribution in [0, 0.1) is 0 Å². The first-order valence-corrected chi connectivity index (χ1v) is 7.39. The molecule has 0 saturated heterocycles. The Balaban J connectivity index is 1.99. The van der Waals surface area contributed by atoms with Crippen LogP contribution in [0.2, 0.25) is 10.0 Å². The number of rotatable bonds is 2. The van der Waals surface area contributed by atoms with E-state index >= 15 is 0 Å². The molecule has 2 aromatic carbocycles. The summed E-state index contributed by atoms with van der Waals surface area (Å²) < 4.78 is 40.8. The molecule has 2 nitrogen and oxygen atoms in total. The van der Waals surface area contributed by atoms with Crippen LogP contribution in [-0.4, -0.2) is 6.36 Å². The first-order valence-electron chi connectivity index (χ1n) is 6.64. The number of benzene rings is 2. The highest BCUT2D eigenvalue weighted by Gasteiger charge is 2.32. The van der Waals surface area contributed by atoms with Gasteiger partial charge >= 0.3 is 6.36 Å². The first-order chi connectivity index (χ1) is 10.8. The van der Waals surface area contributed by atoms with Gasteiger partial charge in [0, 0.05) is 11.9 Å². The number of para-hydroxylation sites is 1. The Hall–Kier alpha value is -1.85. The summed E-state index contributed by atoms with van der Waals surface area (Å²) in [6.07, 6.45) is -0.307. The number of hydrogen-bond acceptors (Lipinski definition) is 2. The van der Waals surface area contributed by atoms with Crippen LogP contribution in [-0.2, 0) is 6.42 Å². The lowest BCUT2D eigenvalue weighted by Gasteiger charge is -2.28. The van der Waals surface area contributed by atoms with Crippen molar-refractivity contribution in [2.24, 2.45) is 0 Å². The Bertz CT molecular complexity index is 774. The number of nitrogens with zero attached hydrogens (tertiary/aromatic N) is 1. The Morgan fingerprint density at radius 2 is 1.83 bits per heavy atom. The normalized spacial score (nSPS) is 13.9. The van der Waals surface area contributed by atoms with E-state index < -0.39 is 12.1 Å². The molecule has 0 unspecified atom stereocenters. The zero-order chi connectivity index (χ0) is 16.6. The van der Waals surface area contributed by atoms with Crippen molar-refractivity contribution in [2.75, 3.05) is 4.90 Å². The summed E-state index contributed by atoms with van der Waals surface area (Å²) in [5.41, 5.74) is 2.40. The van der Waals surface area contributed by atoms with Crippen molar-refractivity contribution in [1.29, 1.82) is 0 Å². The molecule has 3 rings (SSSR count). The molecule has 1 heterocycles. The zero-order valence-electron chi connectivity index (χ0n) is 11.6. The maximum Gasteiger partial charge on any atom is 0.573 e. The highest BCUT2D eigenvalue weighted by molar-refractivity contribution is 6.34. The number of allylic oxidation sites excluding steroid dienone is 1. The van der Waals surface area contributed by atoms with Crippen LogP contribution in [0.3, 0.4) is 0 Å². The zero-order valence-corrected chi connectivity index (χ0v) is 13.1. The monoisotopic (exact) mass is 359 g/mol. The van der Waals surface area contributed by atoms with Crippen LogP contribution >= 0.6 is 23.2 Å². The Morgan fingerprint density at radius 3 is 2.52 bits per heavy atom. The molecule has 0 amide bonds. The lowest BCUT2D eigenvalue weighted by molar-refractivity contribution is -0.274. The van der Waals surface area contributed by atoms with Gasteiger partial charge in [0.1, 0.15) is 5.75 Å². The number of anilines is 2. The third-order valence-electron chi connectivity index (χ3n) is 3.32. The standard InChI is InChI=1S/C16H10Cl2F3NO/c17-12-5-1-3-10-4-2-8-22(15(10)12)11-6-7-14(13(18)9-11)23-16(19,20)21/h1-3,5-9H,4H2. The summed E-state index contributed by atoms with van der Waals surface area (Å²) in [5.74, 6) is -0.441. The second kappa shape index (κ2) is 5.98. The van der Waals surface area contributed by atoms with E-state index in [0.717, 1.165) is 17.7 Å². The molecular formula is C16H10Cl2F3NO. The van der Waals surface area contributed by atoms with Crippen molar-refractivity contribution in [2.45, 2.75) is 12.8 Å². The molecule has 0 aliphatic carbocycles. The van der Waals surface area contributed by atoms with Gasteiger partial charge in [-0.3, -0.25) is 0 Å². The molecule has 0 N–H and O–H groups in total. The Labute approximate surface area is 140 Å². The van der Waals surface area contributed by atoms with Gasteiger partial charge in [-0.15, -0.1) is 13.2 Å². The summed E-state index contributed by atoms with van der Waals surface area (Å²) in [6.45, 7) is 0. The van der Waals surface area contributed by atoms with E-state index in [0.29, 0.717) is 10.7 Å². The average Bonchev–Trinajstić information content (AvgIpc) is 2.48. The van der Waals surface area contributed by atoms with Crippen molar-refractivity contribution < 1.29 is 17.9 Å². The third-order valence-corrected chi connectivity index (χ3v) is 3.92. The number of halogens is 5. The molecule has 0 fully saturated rings. The Kier molecular flexibility index (Phi) is 4.17. The van der Waals surface area contributed by atoms with E-state index in [1.54, 1.807) is 11.0 Å². The molecule has 0 spiro atoms. The molecule has 23 heavy (non-hydrogen) atoms. The van der Waals surface area contributed by atoms with Crippen LogP contribution in [0.1, 0.15) is 5.56 Å². The quantitative estimate of drug-likeness (QED) is 0.642. The van der Waals surface area contributed by atoms with E-state index in [4.69, 9.17) is 23.2 Å². The van der Waals surface area contributed by atoms with Crippen LogP contribution in [0.4, 0.5) is 24.5 Å². The van der Waals surface area contributed by atoms with Crippen molar-refractivity contribution in [1.82, 2.24) is 0 Å². The van der Waals surface area contributed by atoms with Crippen molar-refractivity contribution in [3.63, 3.8) is 0 Å². The molecule has 0 atom stereocenters. The lowest BCUT2D eigenvalue weighted by atomic mass is 10.0. The third kappa shape index (κ3) is 3.41. The topological polar surface area (TPSA) is 12.5 Å². The molecule has 1 aliphatic heterocycles. The van der Waals surface area contributed by atoms with Gasteiger partial charge in [-0.05, 0) is 36.2 Å². The number of hydrogen-bond donors (Lipinski definition) is 0. The first kappa shape index (κ1) is 16.0. The second-order valence-electron chi connectivity index (χ2n) is 4.87. The minimum atomic E-state index is -4.79. The van der Waals surface area contributed by atoms with Gasteiger partial charge in [0.15, 0.2) is 0 Å². The summed E-state index contributed by atoms with van der Waals surface area (Å²) in [5, 5.41) is 0.422. The van der Waals surface area contributed by atoms with Gasteiger partial charge < -0.3 is 9.64 Å². The van der Waals surface area contributed by atoms with Crippen molar-refractivity contribution >= 4 is 34.6 Å². The fraction of sp³-hybridized carbons (Fsp3) is 0.125. The lowest BCUT2D eigenvalue weighted by Crippen LogP contribution is -2.18.